The summed E-state index contributed by atoms with van der Waals surface area (Å²) in [6, 6.07) is 18.0. The van der Waals surface area contributed by atoms with E-state index in [1.165, 1.54) is 0 Å². The van der Waals surface area contributed by atoms with Gasteiger partial charge in [-0.25, -0.2) is 13.1 Å². The number of hydrogen-bond donors (Lipinski definition) is 2. The lowest BCUT2D eigenvalue weighted by Crippen LogP contribution is -2.39. The molecule has 0 aliphatic rings. The predicted octanol–water partition coefficient (Wildman–Crippen LogP) is 1.71. The van der Waals surface area contributed by atoms with Gasteiger partial charge in [0.25, 0.3) is 0 Å². The third-order valence-electron chi connectivity index (χ3n) is 3.09. The van der Waals surface area contributed by atoms with Crippen molar-refractivity contribution in [2.75, 3.05) is 6.61 Å². The van der Waals surface area contributed by atoms with Crippen LogP contribution in [0.4, 0.5) is 0 Å². The zero-order valence-corrected chi connectivity index (χ0v) is 12.5. The molecule has 0 radical (unpaired) electrons. The molecule has 0 spiro atoms. The summed E-state index contributed by atoms with van der Waals surface area (Å²) < 4.78 is 26.8. The summed E-state index contributed by atoms with van der Waals surface area (Å²) in [5, 5.41) is 9.39. The van der Waals surface area contributed by atoms with Gasteiger partial charge in [-0.2, -0.15) is 0 Å². The molecule has 0 saturated carbocycles. The minimum absolute atomic E-state index is 0.0842. The second kappa shape index (κ2) is 7.36. The number of aliphatic hydroxyl groups excluding tert-OH is 1. The zero-order valence-electron chi connectivity index (χ0n) is 11.6. The first-order valence-corrected chi connectivity index (χ1v) is 8.43. The average molecular weight is 305 g/mol. The summed E-state index contributed by atoms with van der Waals surface area (Å²) in [6.07, 6.45) is 0.464. The van der Waals surface area contributed by atoms with Crippen LogP contribution in [-0.2, 0) is 22.2 Å². The number of hydrogen-bond acceptors (Lipinski definition) is 3. The molecule has 5 heteroatoms. The largest absolute Gasteiger partial charge is 0.395 e. The smallest absolute Gasteiger partial charge is 0.216 e. The van der Waals surface area contributed by atoms with Crippen molar-refractivity contribution >= 4 is 10.0 Å². The standard InChI is InChI=1S/C16H19NO3S/c18-12-16(11-14-7-3-1-4-8-14)17-21(19,20)13-15-9-5-2-6-10-15/h1-10,16-18H,11-13H2/t16-/m0/s1. The fourth-order valence-electron chi connectivity index (χ4n) is 2.13. The van der Waals surface area contributed by atoms with E-state index in [0.29, 0.717) is 6.42 Å². The summed E-state index contributed by atoms with van der Waals surface area (Å²) in [7, 11) is -3.48. The summed E-state index contributed by atoms with van der Waals surface area (Å²) in [4.78, 5) is 0. The molecule has 2 aromatic carbocycles. The van der Waals surface area contributed by atoms with Crippen molar-refractivity contribution < 1.29 is 13.5 Å². The molecule has 4 nitrogen and oxygen atoms in total. The van der Waals surface area contributed by atoms with Crippen LogP contribution >= 0.6 is 0 Å². The topological polar surface area (TPSA) is 66.4 Å². The quantitative estimate of drug-likeness (QED) is 0.818. The van der Waals surface area contributed by atoms with E-state index < -0.39 is 16.1 Å². The first kappa shape index (κ1) is 15.7. The highest BCUT2D eigenvalue weighted by molar-refractivity contribution is 7.88. The molecule has 0 amide bonds. The Bertz CT molecular complexity index is 642. The second-order valence-electron chi connectivity index (χ2n) is 4.93. The molecule has 0 heterocycles. The van der Waals surface area contributed by atoms with Crippen molar-refractivity contribution in [2.45, 2.75) is 18.2 Å². The lowest BCUT2D eigenvalue weighted by Gasteiger charge is -2.16. The maximum Gasteiger partial charge on any atom is 0.216 e. The molecule has 0 saturated heterocycles. The first-order valence-electron chi connectivity index (χ1n) is 6.78. The lowest BCUT2D eigenvalue weighted by atomic mass is 10.1. The van der Waals surface area contributed by atoms with Crippen molar-refractivity contribution in [1.29, 1.82) is 0 Å². The Kier molecular flexibility index (Phi) is 5.50. The van der Waals surface area contributed by atoms with Crippen molar-refractivity contribution in [3.63, 3.8) is 0 Å². The highest BCUT2D eigenvalue weighted by Gasteiger charge is 2.18. The van der Waals surface area contributed by atoms with E-state index in [1.807, 2.05) is 36.4 Å². The summed E-state index contributed by atoms with van der Waals surface area (Å²) in [5.74, 6) is -0.0842. The van der Waals surface area contributed by atoms with Gasteiger partial charge in [0.2, 0.25) is 10.0 Å². The Balaban J connectivity index is 2.00. The Morgan fingerprint density at radius 2 is 1.43 bits per heavy atom. The van der Waals surface area contributed by atoms with Gasteiger partial charge < -0.3 is 5.11 Å². The average Bonchev–Trinajstić information content (AvgIpc) is 2.48. The van der Waals surface area contributed by atoms with Crippen LogP contribution in [0.2, 0.25) is 0 Å². The maximum absolute atomic E-state index is 12.1. The van der Waals surface area contributed by atoms with Crippen molar-refractivity contribution in [3.05, 3.63) is 71.8 Å². The Labute approximate surface area is 125 Å². The lowest BCUT2D eigenvalue weighted by molar-refractivity contribution is 0.256. The van der Waals surface area contributed by atoms with E-state index in [-0.39, 0.29) is 12.4 Å². The molecule has 0 fully saturated rings. The van der Waals surface area contributed by atoms with Gasteiger partial charge in [-0.1, -0.05) is 60.7 Å². The molecule has 0 bridgehead atoms. The minimum atomic E-state index is -3.48. The number of aliphatic hydroxyl groups is 1. The fraction of sp³-hybridized carbons (Fsp3) is 0.250. The van der Waals surface area contributed by atoms with Crippen LogP contribution in [0.25, 0.3) is 0 Å². The predicted molar refractivity (Wildman–Crippen MR) is 83.2 cm³/mol. The van der Waals surface area contributed by atoms with E-state index in [9.17, 15) is 13.5 Å². The summed E-state index contributed by atoms with van der Waals surface area (Å²) in [5.41, 5.74) is 1.71. The minimum Gasteiger partial charge on any atom is -0.395 e. The Morgan fingerprint density at radius 3 is 1.95 bits per heavy atom. The molecule has 0 aliphatic carbocycles. The molecule has 2 aromatic rings. The number of benzene rings is 2. The molecular formula is C16H19NO3S. The second-order valence-corrected chi connectivity index (χ2v) is 6.69. The maximum atomic E-state index is 12.1. The van der Waals surface area contributed by atoms with Gasteiger partial charge in [-0.3, -0.25) is 0 Å². The first-order chi connectivity index (χ1) is 10.1. The van der Waals surface area contributed by atoms with Crippen LogP contribution in [0.15, 0.2) is 60.7 Å². The van der Waals surface area contributed by atoms with Gasteiger partial charge in [-0.05, 0) is 17.5 Å². The van der Waals surface area contributed by atoms with Gasteiger partial charge in [-0.15, -0.1) is 0 Å². The van der Waals surface area contributed by atoms with E-state index in [0.717, 1.165) is 11.1 Å². The zero-order chi connectivity index (χ0) is 15.1. The van der Waals surface area contributed by atoms with Crippen LogP contribution in [0, 0.1) is 0 Å². The van der Waals surface area contributed by atoms with Crippen molar-refractivity contribution in [3.8, 4) is 0 Å². The molecule has 1 atom stereocenters. The Hall–Kier alpha value is -1.69. The normalized spacial score (nSPS) is 13.0. The van der Waals surface area contributed by atoms with Gasteiger partial charge in [0.15, 0.2) is 0 Å². The van der Waals surface area contributed by atoms with Crippen molar-refractivity contribution in [2.24, 2.45) is 0 Å². The summed E-state index contributed by atoms with van der Waals surface area (Å²) >= 11 is 0. The monoisotopic (exact) mass is 305 g/mol. The van der Waals surface area contributed by atoms with Gasteiger partial charge in [0.1, 0.15) is 0 Å². The Morgan fingerprint density at radius 1 is 0.905 bits per heavy atom. The van der Waals surface area contributed by atoms with Crippen LogP contribution in [0.1, 0.15) is 11.1 Å². The molecule has 112 valence electrons. The molecule has 2 rings (SSSR count). The van der Waals surface area contributed by atoms with E-state index in [1.54, 1.807) is 24.3 Å². The molecule has 0 aromatic heterocycles. The van der Waals surface area contributed by atoms with Gasteiger partial charge in [0, 0.05) is 6.04 Å². The number of nitrogens with one attached hydrogen (secondary N) is 1. The van der Waals surface area contributed by atoms with Gasteiger partial charge in [0.05, 0.1) is 12.4 Å². The van der Waals surface area contributed by atoms with Gasteiger partial charge >= 0.3 is 0 Å². The highest BCUT2D eigenvalue weighted by atomic mass is 32.2. The van der Waals surface area contributed by atoms with E-state index in [2.05, 4.69) is 4.72 Å². The molecule has 2 N–H and O–H groups in total. The highest BCUT2D eigenvalue weighted by Crippen LogP contribution is 2.07. The molecule has 21 heavy (non-hydrogen) atoms. The van der Waals surface area contributed by atoms with Crippen LogP contribution in [0.5, 0.6) is 0 Å². The van der Waals surface area contributed by atoms with Crippen molar-refractivity contribution in [1.82, 2.24) is 4.72 Å². The van der Waals surface area contributed by atoms with Crippen LogP contribution < -0.4 is 4.72 Å². The van der Waals surface area contributed by atoms with Crippen LogP contribution in [-0.4, -0.2) is 26.2 Å². The molecule has 0 aliphatic heterocycles. The number of rotatable bonds is 7. The third kappa shape index (κ3) is 5.30. The summed E-state index contributed by atoms with van der Waals surface area (Å²) in [6.45, 7) is -0.233. The van der Waals surface area contributed by atoms with E-state index in [4.69, 9.17) is 0 Å². The molecule has 0 unspecified atom stereocenters. The number of sulfonamides is 1. The fourth-order valence-corrected chi connectivity index (χ4v) is 3.51. The van der Waals surface area contributed by atoms with Crippen LogP contribution in [0.3, 0.4) is 0 Å². The molecular weight excluding hydrogens is 286 g/mol. The third-order valence-corrected chi connectivity index (χ3v) is 4.50. The van der Waals surface area contributed by atoms with E-state index >= 15 is 0 Å². The SMILES string of the molecule is O=S(=O)(Cc1ccccc1)N[C@H](CO)Cc1ccccc1.